The Kier molecular flexibility index (Phi) is 3.90. The molecule has 1 heterocycles. The quantitative estimate of drug-likeness (QED) is 0.924. The maximum atomic E-state index is 12.1. The number of rotatable bonds is 3. The zero-order valence-electron chi connectivity index (χ0n) is 12.0. The van der Waals surface area contributed by atoms with Crippen LogP contribution >= 0.6 is 11.6 Å². The van der Waals surface area contributed by atoms with E-state index in [0.29, 0.717) is 17.1 Å². The number of hydrogen-bond donors (Lipinski definition) is 1. The Labute approximate surface area is 119 Å². The van der Waals surface area contributed by atoms with Gasteiger partial charge in [-0.05, 0) is 38.5 Å². The Balaban J connectivity index is 2.19. The normalized spacial score (nSPS) is 21.9. The second kappa shape index (κ2) is 5.16. The molecular formula is C14H22ClN3O. The van der Waals surface area contributed by atoms with Crippen LogP contribution in [0.3, 0.4) is 0 Å². The summed E-state index contributed by atoms with van der Waals surface area (Å²) in [6, 6.07) is 0.396. The molecule has 1 N–H and O–H groups in total. The van der Waals surface area contributed by atoms with Crippen LogP contribution < -0.4 is 10.9 Å². The standard InChI is InChI=1S/C14H22ClN3O/c1-9(2)18-13(19)12(15)11(8-16-18)17-10-5-6-14(3,4)7-10/h8-10,17H,5-7H2,1-4H3. The molecule has 0 spiro atoms. The summed E-state index contributed by atoms with van der Waals surface area (Å²) in [4.78, 5) is 12.1. The summed E-state index contributed by atoms with van der Waals surface area (Å²) >= 11 is 6.16. The number of nitrogens with one attached hydrogen (secondary N) is 1. The van der Waals surface area contributed by atoms with E-state index in [9.17, 15) is 4.79 Å². The van der Waals surface area contributed by atoms with E-state index in [4.69, 9.17) is 11.6 Å². The molecule has 1 atom stereocenters. The third-order valence-electron chi connectivity index (χ3n) is 3.76. The molecule has 0 saturated heterocycles. The third-order valence-corrected chi connectivity index (χ3v) is 4.13. The van der Waals surface area contributed by atoms with Gasteiger partial charge in [0, 0.05) is 6.04 Å². The average Bonchev–Trinajstić information content (AvgIpc) is 2.64. The summed E-state index contributed by atoms with van der Waals surface area (Å²) < 4.78 is 1.41. The molecule has 1 saturated carbocycles. The number of aromatic nitrogens is 2. The second-order valence-electron chi connectivity index (χ2n) is 6.46. The van der Waals surface area contributed by atoms with Crippen LogP contribution in [0.1, 0.15) is 53.0 Å². The largest absolute Gasteiger partial charge is 0.380 e. The molecule has 0 radical (unpaired) electrons. The molecule has 0 aromatic carbocycles. The first-order valence-electron chi connectivity index (χ1n) is 6.84. The number of anilines is 1. The average molecular weight is 284 g/mol. The lowest BCUT2D eigenvalue weighted by molar-refractivity contribution is 0.378. The highest BCUT2D eigenvalue weighted by Gasteiger charge is 2.31. The second-order valence-corrected chi connectivity index (χ2v) is 6.84. The highest BCUT2D eigenvalue weighted by atomic mass is 35.5. The Morgan fingerprint density at radius 2 is 2.21 bits per heavy atom. The monoisotopic (exact) mass is 283 g/mol. The summed E-state index contributed by atoms with van der Waals surface area (Å²) in [5, 5.41) is 7.78. The zero-order chi connectivity index (χ0) is 14.2. The lowest BCUT2D eigenvalue weighted by Crippen LogP contribution is -2.27. The minimum absolute atomic E-state index is 0.0180. The highest BCUT2D eigenvalue weighted by molar-refractivity contribution is 6.32. The Morgan fingerprint density at radius 3 is 2.74 bits per heavy atom. The van der Waals surface area contributed by atoms with Crippen molar-refractivity contribution in [1.82, 2.24) is 9.78 Å². The van der Waals surface area contributed by atoms with Crippen molar-refractivity contribution >= 4 is 17.3 Å². The lowest BCUT2D eigenvalue weighted by atomic mass is 9.92. The van der Waals surface area contributed by atoms with E-state index >= 15 is 0 Å². The summed E-state index contributed by atoms with van der Waals surface area (Å²) in [5.41, 5.74) is 0.801. The van der Waals surface area contributed by atoms with Crippen LogP contribution in [-0.4, -0.2) is 15.8 Å². The van der Waals surface area contributed by atoms with Crippen LogP contribution in [0.4, 0.5) is 5.69 Å². The molecule has 106 valence electrons. The molecule has 2 rings (SSSR count). The summed E-state index contributed by atoms with van der Waals surface area (Å²) in [6.07, 6.45) is 5.06. The van der Waals surface area contributed by atoms with Gasteiger partial charge >= 0.3 is 0 Å². The van der Waals surface area contributed by atoms with Crippen LogP contribution in [0.15, 0.2) is 11.0 Å². The number of nitrogens with zero attached hydrogens (tertiary/aromatic N) is 2. The van der Waals surface area contributed by atoms with E-state index in [1.165, 1.54) is 11.1 Å². The predicted octanol–water partition coefficient (Wildman–Crippen LogP) is 3.47. The molecule has 0 aliphatic heterocycles. The molecule has 1 fully saturated rings. The van der Waals surface area contributed by atoms with Gasteiger partial charge in [0.05, 0.1) is 17.9 Å². The zero-order valence-corrected chi connectivity index (χ0v) is 12.8. The molecule has 1 aliphatic carbocycles. The van der Waals surface area contributed by atoms with E-state index < -0.39 is 0 Å². The highest BCUT2D eigenvalue weighted by Crippen LogP contribution is 2.38. The summed E-state index contributed by atoms with van der Waals surface area (Å²) in [5.74, 6) is 0. The molecule has 0 amide bonds. The van der Waals surface area contributed by atoms with Gasteiger partial charge in [-0.3, -0.25) is 4.79 Å². The Morgan fingerprint density at radius 1 is 1.53 bits per heavy atom. The van der Waals surface area contributed by atoms with E-state index in [0.717, 1.165) is 12.8 Å². The van der Waals surface area contributed by atoms with Gasteiger partial charge in [0.1, 0.15) is 5.02 Å². The van der Waals surface area contributed by atoms with Gasteiger partial charge in [0.25, 0.3) is 5.56 Å². The number of hydrogen-bond acceptors (Lipinski definition) is 3. The summed E-state index contributed by atoms with van der Waals surface area (Å²) in [7, 11) is 0. The van der Waals surface area contributed by atoms with Gasteiger partial charge in [-0.25, -0.2) is 4.68 Å². The smallest absolute Gasteiger partial charge is 0.287 e. The fraction of sp³-hybridized carbons (Fsp3) is 0.714. The maximum absolute atomic E-state index is 12.1. The van der Waals surface area contributed by atoms with Crippen LogP contribution in [0, 0.1) is 5.41 Å². The van der Waals surface area contributed by atoms with Gasteiger partial charge in [-0.1, -0.05) is 25.4 Å². The molecule has 1 aliphatic rings. The topological polar surface area (TPSA) is 46.9 Å². The first-order chi connectivity index (χ1) is 8.80. The number of halogens is 1. The van der Waals surface area contributed by atoms with E-state index in [1.54, 1.807) is 6.20 Å². The van der Waals surface area contributed by atoms with Gasteiger partial charge in [0.15, 0.2) is 0 Å². The van der Waals surface area contributed by atoms with E-state index in [1.807, 2.05) is 13.8 Å². The van der Waals surface area contributed by atoms with Gasteiger partial charge in [-0.2, -0.15) is 5.10 Å². The van der Waals surface area contributed by atoms with Crippen LogP contribution in [0.5, 0.6) is 0 Å². The SMILES string of the molecule is CC(C)n1ncc(NC2CCC(C)(C)C2)c(Cl)c1=O. The first-order valence-corrected chi connectivity index (χ1v) is 7.22. The van der Waals surface area contributed by atoms with Crippen LogP contribution in [0.2, 0.25) is 5.02 Å². The van der Waals surface area contributed by atoms with Gasteiger partial charge in [0.2, 0.25) is 0 Å². The minimum atomic E-state index is -0.223. The Bertz CT molecular complexity index is 522. The maximum Gasteiger partial charge on any atom is 0.287 e. The Hall–Kier alpha value is -1.03. The van der Waals surface area contributed by atoms with Crippen LogP contribution in [-0.2, 0) is 0 Å². The molecule has 1 aromatic heterocycles. The molecular weight excluding hydrogens is 262 g/mol. The summed E-state index contributed by atoms with van der Waals surface area (Å²) in [6.45, 7) is 8.37. The van der Waals surface area contributed by atoms with Gasteiger partial charge < -0.3 is 5.32 Å². The first kappa shape index (κ1) is 14.4. The van der Waals surface area contributed by atoms with Gasteiger partial charge in [-0.15, -0.1) is 0 Å². The fourth-order valence-electron chi connectivity index (χ4n) is 2.69. The van der Waals surface area contributed by atoms with Crippen molar-refractivity contribution in [3.63, 3.8) is 0 Å². The molecule has 5 heteroatoms. The van der Waals surface area contributed by atoms with Crippen molar-refractivity contribution in [3.8, 4) is 0 Å². The van der Waals surface area contributed by atoms with Crippen molar-refractivity contribution in [2.24, 2.45) is 5.41 Å². The van der Waals surface area contributed by atoms with Crippen molar-refractivity contribution in [3.05, 3.63) is 21.6 Å². The molecule has 1 unspecified atom stereocenters. The van der Waals surface area contributed by atoms with E-state index in [2.05, 4.69) is 24.3 Å². The molecule has 4 nitrogen and oxygen atoms in total. The van der Waals surface area contributed by atoms with Crippen molar-refractivity contribution in [2.45, 2.75) is 59.0 Å². The van der Waals surface area contributed by atoms with E-state index in [-0.39, 0.29) is 16.6 Å². The minimum Gasteiger partial charge on any atom is -0.380 e. The fourth-order valence-corrected chi connectivity index (χ4v) is 2.88. The molecule has 19 heavy (non-hydrogen) atoms. The van der Waals surface area contributed by atoms with Crippen molar-refractivity contribution < 1.29 is 0 Å². The third kappa shape index (κ3) is 3.11. The van der Waals surface area contributed by atoms with Crippen molar-refractivity contribution in [1.29, 1.82) is 0 Å². The lowest BCUT2D eigenvalue weighted by Gasteiger charge is -2.19. The van der Waals surface area contributed by atoms with Crippen LogP contribution in [0.25, 0.3) is 0 Å². The molecule has 1 aromatic rings. The molecule has 0 bridgehead atoms. The predicted molar refractivity (Wildman–Crippen MR) is 78.9 cm³/mol. The van der Waals surface area contributed by atoms with Crippen molar-refractivity contribution in [2.75, 3.05) is 5.32 Å².